The molecule has 0 atom stereocenters. The molecule has 2 rings (SSSR count). The highest BCUT2D eigenvalue weighted by Crippen LogP contribution is 2.27. The van der Waals surface area contributed by atoms with Crippen molar-refractivity contribution in [1.29, 1.82) is 0 Å². The number of ether oxygens (including phenoxy) is 4. The Bertz CT molecular complexity index is 968. The molecule has 0 heterocycles. The molecule has 36 heavy (non-hydrogen) atoms. The highest BCUT2D eigenvalue weighted by Gasteiger charge is 2.07. The lowest BCUT2D eigenvalue weighted by molar-refractivity contribution is -0.139. The summed E-state index contributed by atoms with van der Waals surface area (Å²) in [5, 5.41) is 0. The Morgan fingerprint density at radius 3 is 1.97 bits per heavy atom. The van der Waals surface area contributed by atoms with Gasteiger partial charge in [0, 0.05) is 19.3 Å². The molecular formula is C29H37FO6. The summed E-state index contributed by atoms with van der Waals surface area (Å²) in [6.45, 7) is 12.1. The van der Waals surface area contributed by atoms with Gasteiger partial charge in [-0.25, -0.2) is 9.18 Å². The number of carbonyl (C=O) groups is 2. The van der Waals surface area contributed by atoms with Crippen molar-refractivity contribution in [3.05, 3.63) is 72.6 Å². The van der Waals surface area contributed by atoms with Gasteiger partial charge in [0.15, 0.2) is 11.6 Å². The number of hydrogen-bond acceptors (Lipinski definition) is 6. The third-order valence-corrected chi connectivity index (χ3v) is 4.71. The van der Waals surface area contributed by atoms with Crippen molar-refractivity contribution in [3.8, 4) is 22.6 Å². The van der Waals surface area contributed by atoms with Crippen molar-refractivity contribution in [1.82, 2.24) is 0 Å². The number of esters is 1. The van der Waals surface area contributed by atoms with Gasteiger partial charge < -0.3 is 18.9 Å². The van der Waals surface area contributed by atoms with Crippen LogP contribution < -0.4 is 9.47 Å². The van der Waals surface area contributed by atoms with Crippen molar-refractivity contribution in [3.63, 3.8) is 0 Å². The Morgan fingerprint density at radius 2 is 1.42 bits per heavy atom. The second-order valence-electron chi connectivity index (χ2n) is 8.15. The van der Waals surface area contributed by atoms with Crippen LogP contribution in [0.4, 0.5) is 4.39 Å². The van der Waals surface area contributed by atoms with Crippen LogP contribution in [0.5, 0.6) is 11.5 Å². The van der Waals surface area contributed by atoms with E-state index in [1.54, 1.807) is 27.0 Å². The van der Waals surface area contributed by atoms with Crippen LogP contribution in [0, 0.1) is 5.82 Å². The molecule has 2 aromatic carbocycles. The molecule has 7 heteroatoms. The minimum Gasteiger partial charge on any atom is -0.494 e. The number of methoxy groups -OCH3 is 1. The first-order valence-corrected chi connectivity index (χ1v) is 11.9. The van der Waals surface area contributed by atoms with E-state index in [2.05, 4.69) is 13.2 Å². The van der Waals surface area contributed by atoms with Gasteiger partial charge in [-0.05, 0) is 80.5 Å². The molecule has 0 N–H and O–H groups in total. The van der Waals surface area contributed by atoms with Gasteiger partial charge in [-0.2, -0.15) is 0 Å². The maximum atomic E-state index is 14.3. The maximum Gasteiger partial charge on any atom is 0.333 e. The Kier molecular flexibility index (Phi) is 15.2. The third-order valence-electron chi connectivity index (χ3n) is 4.71. The molecule has 0 unspecified atom stereocenters. The molecule has 6 nitrogen and oxygen atoms in total. The molecule has 196 valence electrons. The number of rotatable bonds is 15. The quantitative estimate of drug-likeness (QED) is 0.123. The van der Waals surface area contributed by atoms with Gasteiger partial charge in [0.05, 0.1) is 19.8 Å². The average Bonchev–Trinajstić information content (AvgIpc) is 2.87. The standard InChI is InChI=1S/C25H31FO5.C4H6O/c1-19(2)25(27)31-17-7-6-15-29-22-11-8-20(9-12-22)21-10-13-24(23(26)18-21)30-16-5-4-14-28-3;1-4(2)3-5/h8-13,18H,1,4-7,14-17H2,2-3H3;3H,1H2,2H3. The van der Waals surface area contributed by atoms with Crippen LogP contribution >= 0.6 is 0 Å². The van der Waals surface area contributed by atoms with E-state index >= 15 is 0 Å². The van der Waals surface area contributed by atoms with E-state index in [-0.39, 0.29) is 17.5 Å². The second-order valence-corrected chi connectivity index (χ2v) is 8.15. The van der Waals surface area contributed by atoms with E-state index in [9.17, 15) is 14.0 Å². The predicted octanol–water partition coefficient (Wildman–Crippen LogP) is 6.34. The molecule has 0 aromatic heterocycles. The van der Waals surface area contributed by atoms with Crippen LogP contribution in [0.25, 0.3) is 11.1 Å². The molecule has 0 saturated heterocycles. The molecular weight excluding hydrogens is 463 g/mol. The summed E-state index contributed by atoms with van der Waals surface area (Å²) >= 11 is 0. The topological polar surface area (TPSA) is 71.1 Å². The van der Waals surface area contributed by atoms with Crippen LogP contribution in [-0.2, 0) is 19.1 Å². The van der Waals surface area contributed by atoms with Gasteiger partial charge in [0.1, 0.15) is 12.0 Å². The summed E-state index contributed by atoms with van der Waals surface area (Å²) in [5.41, 5.74) is 2.64. The smallest absolute Gasteiger partial charge is 0.333 e. The van der Waals surface area contributed by atoms with E-state index in [1.165, 1.54) is 6.07 Å². The second kappa shape index (κ2) is 17.9. The van der Waals surface area contributed by atoms with Gasteiger partial charge in [0.2, 0.25) is 0 Å². The Morgan fingerprint density at radius 1 is 0.861 bits per heavy atom. The lowest BCUT2D eigenvalue weighted by atomic mass is 10.1. The van der Waals surface area contributed by atoms with E-state index in [0.29, 0.717) is 37.6 Å². The average molecular weight is 501 g/mol. The number of unbranched alkanes of at least 4 members (excludes halogenated alkanes) is 2. The first-order chi connectivity index (χ1) is 17.3. The van der Waals surface area contributed by atoms with Gasteiger partial charge in [0.25, 0.3) is 0 Å². The number of aldehydes is 1. The van der Waals surface area contributed by atoms with Crippen LogP contribution in [-0.4, -0.2) is 45.8 Å². The predicted molar refractivity (Wildman–Crippen MR) is 140 cm³/mol. The summed E-state index contributed by atoms with van der Waals surface area (Å²) in [4.78, 5) is 20.7. The van der Waals surface area contributed by atoms with Gasteiger partial charge in [-0.15, -0.1) is 0 Å². The van der Waals surface area contributed by atoms with Gasteiger partial charge >= 0.3 is 5.97 Å². The fraction of sp³-hybridized carbons (Fsp3) is 0.379. The van der Waals surface area contributed by atoms with Crippen molar-refractivity contribution in [2.24, 2.45) is 0 Å². The normalized spacial score (nSPS) is 10.0. The number of carbonyl (C=O) groups excluding carboxylic acids is 2. The molecule has 0 amide bonds. The zero-order valence-electron chi connectivity index (χ0n) is 21.5. The molecule has 0 aliphatic heterocycles. The number of halogens is 1. The summed E-state index contributed by atoms with van der Waals surface area (Å²) < 4.78 is 35.6. The lowest BCUT2D eigenvalue weighted by Gasteiger charge is -2.10. The Labute approximate surface area is 213 Å². The number of benzene rings is 2. The van der Waals surface area contributed by atoms with Crippen molar-refractivity contribution < 1.29 is 32.9 Å². The van der Waals surface area contributed by atoms with Crippen LogP contribution in [0.1, 0.15) is 39.5 Å². The summed E-state index contributed by atoms with van der Waals surface area (Å²) in [7, 11) is 1.66. The van der Waals surface area contributed by atoms with Crippen LogP contribution in [0.2, 0.25) is 0 Å². The van der Waals surface area contributed by atoms with Gasteiger partial charge in [-0.3, -0.25) is 4.79 Å². The molecule has 2 aromatic rings. The molecule has 0 aliphatic rings. The highest BCUT2D eigenvalue weighted by molar-refractivity contribution is 5.86. The first kappa shape index (κ1) is 30.6. The Hall–Kier alpha value is -3.45. The zero-order valence-corrected chi connectivity index (χ0v) is 21.5. The number of allylic oxidation sites excluding steroid dienone is 1. The Balaban J connectivity index is 0.00000118. The van der Waals surface area contributed by atoms with E-state index < -0.39 is 0 Å². The summed E-state index contributed by atoms with van der Waals surface area (Å²) in [5.74, 6) is 0.251. The van der Waals surface area contributed by atoms with Crippen molar-refractivity contribution in [2.75, 3.05) is 33.5 Å². The minimum atomic E-state index is -0.378. The fourth-order valence-electron chi connectivity index (χ4n) is 2.75. The molecule has 0 fully saturated rings. The van der Waals surface area contributed by atoms with E-state index in [0.717, 1.165) is 48.8 Å². The first-order valence-electron chi connectivity index (χ1n) is 11.9. The largest absolute Gasteiger partial charge is 0.494 e. The molecule has 0 radical (unpaired) electrons. The molecule has 0 bridgehead atoms. The van der Waals surface area contributed by atoms with E-state index in [4.69, 9.17) is 18.9 Å². The highest BCUT2D eigenvalue weighted by atomic mass is 19.1. The van der Waals surface area contributed by atoms with Gasteiger partial charge in [-0.1, -0.05) is 31.4 Å². The van der Waals surface area contributed by atoms with E-state index in [1.807, 2.05) is 30.3 Å². The monoisotopic (exact) mass is 500 g/mol. The maximum absolute atomic E-state index is 14.3. The lowest BCUT2D eigenvalue weighted by Crippen LogP contribution is -2.07. The fourth-order valence-corrected chi connectivity index (χ4v) is 2.75. The molecule has 0 spiro atoms. The van der Waals surface area contributed by atoms with Crippen LogP contribution in [0.15, 0.2) is 66.8 Å². The summed E-state index contributed by atoms with van der Waals surface area (Å²) in [6.07, 6.45) is 3.91. The molecule has 0 aliphatic carbocycles. The zero-order chi connectivity index (χ0) is 26.8. The van der Waals surface area contributed by atoms with Crippen molar-refractivity contribution >= 4 is 12.3 Å². The third kappa shape index (κ3) is 12.9. The molecule has 0 saturated carbocycles. The SMILES string of the molecule is C=C(C)C(=O)OCCCCOc1ccc(-c2ccc(OCCCCOC)c(F)c2)cc1.C=C(C)C=O. The minimum absolute atomic E-state index is 0.259. The summed E-state index contributed by atoms with van der Waals surface area (Å²) in [6, 6.07) is 12.5. The van der Waals surface area contributed by atoms with Crippen molar-refractivity contribution in [2.45, 2.75) is 39.5 Å². The number of hydrogen-bond donors (Lipinski definition) is 0. The van der Waals surface area contributed by atoms with Crippen LogP contribution in [0.3, 0.4) is 0 Å².